The monoisotopic (exact) mass is 344 g/mol. The fraction of sp³-hybridized carbons (Fsp3) is 0.136. The van der Waals surface area contributed by atoms with Crippen molar-refractivity contribution in [3.63, 3.8) is 0 Å². The number of hydrogen-bond acceptors (Lipinski definition) is 2. The molecule has 0 fully saturated rings. The first-order valence-corrected chi connectivity index (χ1v) is 8.61. The molecule has 4 aromatic rings. The topological polar surface area (TPSA) is 58.0 Å². The van der Waals surface area contributed by atoms with E-state index in [1.807, 2.05) is 48.5 Å². The van der Waals surface area contributed by atoms with Crippen LogP contribution in [0.4, 0.5) is 0 Å². The number of H-pyrrole nitrogens is 1. The van der Waals surface area contributed by atoms with E-state index in [1.165, 1.54) is 5.56 Å². The van der Waals surface area contributed by atoms with Crippen LogP contribution < -0.4 is 5.32 Å². The van der Waals surface area contributed by atoms with Gasteiger partial charge in [0.05, 0.1) is 6.26 Å². The second-order valence-corrected chi connectivity index (χ2v) is 6.56. The lowest BCUT2D eigenvalue weighted by Gasteiger charge is -2.16. The van der Waals surface area contributed by atoms with Gasteiger partial charge in [-0.05, 0) is 54.8 Å². The Labute approximate surface area is 151 Å². The number of benzene rings is 2. The number of amides is 1. The fourth-order valence-electron chi connectivity index (χ4n) is 3.35. The van der Waals surface area contributed by atoms with Crippen molar-refractivity contribution in [1.29, 1.82) is 0 Å². The minimum atomic E-state index is -0.340. The highest BCUT2D eigenvalue weighted by molar-refractivity contribution is 5.99. The largest absolute Gasteiger partial charge is 0.467 e. The van der Waals surface area contributed by atoms with Crippen molar-refractivity contribution in [3.05, 3.63) is 95.1 Å². The van der Waals surface area contributed by atoms with Crippen molar-refractivity contribution in [3.8, 4) is 0 Å². The maximum atomic E-state index is 12.9. The van der Waals surface area contributed by atoms with Crippen LogP contribution in [0.3, 0.4) is 0 Å². The van der Waals surface area contributed by atoms with Crippen molar-refractivity contribution in [1.82, 2.24) is 10.3 Å². The molecule has 0 bridgehead atoms. The highest BCUT2D eigenvalue weighted by Gasteiger charge is 2.21. The van der Waals surface area contributed by atoms with Gasteiger partial charge < -0.3 is 14.7 Å². The summed E-state index contributed by atoms with van der Waals surface area (Å²) >= 11 is 0. The Morgan fingerprint density at radius 2 is 1.85 bits per heavy atom. The molecule has 0 saturated carbocycles. The number of fused-ring (bicyclic) bond motifs is 1. The lowest BCUT2D eigenvalue weighted by atomic mass is 10.0. The predicted octanol–water partition coefficient (Wildman–Crippen LogP) is 4.90. The third-order valence-electron chi connectivity index (χ3n) is 4.57. The molecule has 26 heavy (non-hydrogen) atoms. The van der Waals surface area contributed by atoms with E-state index in [2.05, 4.69) is 36.3 Å². The van der Waals surface area contributed by atoms with Gasteiger partial charge in [-0.3, -0.25) is 4.79 Å². The Morgan fingerprint density at radius 3 is 2.58 bits per heavy atom. The molecule has 0 radical (unpaired) electrons. The molecular weight excluding hydrogens is 324 g/mol. The van der Waals surface area contributed by atoms with Crippen LogP contribution in [0.25, 0.3) is 10.9 Å². The Morgan fingerprint density at radius 1 is 1.04 bits per heavy atom. The van der Waals surface area contributed by atoms with Gasteiger partial charge in [0.15, 0.2) is 0 Å². The number of hydrogen-bond donors (Lipinski definition) is 2. The van der Waals surface area contributed by atoms with Crippen LogP contribution in [0, 0.1) is 13.8 Å². The molecule has 2 heterocycles. The molecule has 2 aromatic carbocycles. The highest BCUT2D eigenvalue weighted by Crippen LogP contribution is 2.25. The maximum Gasteiger partial charge on any atom is 0.268 e. The summed E-state index contributed by atoms with van der Waals surface area (Å²) in [5.41, 5.74) is 4.81. The molecule has 0 aliphatic carbocycles. The number of carbonyl (C=O) groups excluding carboxylic acids is 1. The summed E-state index contributed by atoms with van der Waals surface area (Å²) < 4.78 is 5.56. The quantitative estimate of drug-likeness (QED) is 0.553. The van der Waals surface area contributed by atoms with E-state index >= 15 is 0 Å². The van der Waals surface area contributed by atoms with E-state index in [-0.39, 0.29) is 11.9 Å². The number of aromatic nitrogens is 1. The molecule has 1 amide bonds. The normalized spacial score (nSPS) is 12.2. The molecule has 130 valence electrons. The number of aryl methyl sites for hydroxylation is 2. The summed E-state index contributed by atoms with van der Waals surface area (Å²) in [7, 11) is 0. The second-order valence-electron chi connectivity index (χ2n) is 6.56. The molecule has 0 spiro atoms. The van der Waals surface area contributed by atoms with Crippen molar-refractivity contribution >= 4 is 16.8 Å². The summed E-state index contributed by atoms with van der Waals surface area (Å²) in [6, 6.07) is 19.2. The highest BCUT2D eigenvalue weighted by atomic mass is 16.3. The SMILES string of the molecule is Cc1cc(C)c2cc(C(=O)NC(c3ccccc3)c3ccco3)[nH]c2c1. The van der Waals surface area contributed by atoms with Crippen LogP contribution in [0.1, 0.15) is 39.0 Å². The Hall–Kier alpha value is -3.27. The van der Waals surface area contributed by atoms with Gasteiger partial charge in [0, 0.05) is 10.9 Å². The van der Waals surface area contributed by atoms with Gasteiger partial charge in [0.25, 0.3) is 5.91 Å². The van der Waals surface area contributed by atoms with Gasteiger partial charge in [-0.2, -0.15) is 0 Å². The molecule has 1 unspecified atom stereocenters. The first-order valence-electron chi connectivity index (χ1n) is 8.61. The minimum Gasteiger partial charge on any atom is -0.467 e. The molecule has 0 aliphatic rings. The number of carbonyl (C=O) groups is 1. The van der Waals surface area contributed by atoms with Gasteiger partial charge in [-0.15, -0.1) is 0 Å². The zero-order chi connectivity index (χ0) is 18.1. The molecule has 4 nitrogen and oxygen atoms in total. The third kappa shape index (κ3) is 3.02. The summed E-state index contributed by atoms with van der Waals surface area (Å²) in [5.74, 6) is 0.538. The van der Waals surface area contributed by atoms with E-state index in [0.29, 0.717) is 11.5 Å². The summed E-state index contributed by atoms with van der Waals surface area (Å²) in [4.78, 5) is 16.1. The van der Waals surface area contributed by atoms with Crippen molar-refractivity contribution in [2.45, 2.75) is 19.9 Å². The lowest BCUT2D eigenvalue weighted by molar-refractivity contribution is 0.0935. The molecule has 2 aromatic heterocycles. The Bertz CT molecular complexity index is 1050. The third-order valence-corrected chi connectivity index (χ3v) is 4.57. The molecule has 2 N–H and O–H groups in total. The van der Waals surface area contributed by atoms with Gasteiger partial charge >= 0.3 is 0 Å². The zero-order valence-corrected chi connectivity index (χ0v) is 14.7. The molecule has 4 heteroatoms. The first-order chi connectivity index (χ1) is 12.6. The van der Waals surface area contributed by atoms with E-state index in [9.17, 15) is 4.79 Å². The summed E-state index contributed by atoms with van der Waals surface area (Å²) in [6.45, 7) is 4.11. The number of nitrogens with one attached hydrogen (secondary N) is 2. The summed E-state index contributed by atoms with van der Waals surface area (Å²) in [5, 5.41) is 4.15. The Kier molecular flexibility index (Phi) is 4.09. The molecule has 0 aliphatic heterocycles. The van der Waals surface area contributed by atoms with Crippen molar-refractivity contribution in [2.75, 3.05) is 0 Å². The van der Waals surface area contributed by atoms with Gasteiger partial charge in [0.2, 0.25) is 0 Å². The Balaban J connectivity index is 1.68. The van der Waals surface area contributed by atoms with Crippen LogP contribution >= 0.6 is 0 Å². The van der Waals surface area contributed by atoms with E-state index in [1.54, 1.807) is 6.26 Å². The smallest absolute Gasteiger partial charge is 0.268 e. The van der Waals surface area contributed by atoms with Crippen molar-refractivity contribution < 1.29 is 9.21 Å². The first kappa shape index (κ1) is 16.2. The summed E-state index contributed by atoms with van der Waals surface area (Å²) in [6.07, 6.45) is 1.62. The molecule has 1 atom stereocenters. The van der Waals surface area contributed by atoms with Gasteiger partial charge in [-0.1, -0.05) is 36.4 Å². The van der Waals surface area contributed by atoms with Gasteiger partial charge in [-0.25, -0.2) is 0 Å². The zero-order valence-electron chi connectivity index (χ0n) is 14.7. The van der Waals surface area contributed by atoms with Gasteiger partial charge in [0.1, 0.15) is 17.5 Å². The van der Waals surface area contributed by atoms with Crippen LogP contribution in [-0.4, -0.2) is 10.9 Å². The standard InChI is InChI=1S/C22H20N2O2/c1-14-11-15(2)17-13-19(23-18(17)12-14)22(25)24-21(20-9-6-10-26-20)16-7-4-3-5-8-16/h3-13,21,23H,1-2H3,(H,24,25). The second kappa shape index (κ2) is 6.56. The number of rotatable bonds is 4. The average Bonchev–Trinajstić information content (AvgIpc) is 3.30. The van der Waals surface area contributed by atoms with Crippen LogP contribution in [0.15, 0.2) is 71.3 Å². The van der Waals surface area contributed by atoms with Crippen LogP contribution in [0.5, 0.6) is 0 Å². The maximum absolute atomic E-state index is 12.9. The van der Waals surface area contributed by atoms with E-state index < -0.39 is 0 Å². The average molecular weight is 344 g/mol. The van der Waals surface area contributed by atoms with Crippen LogP contribution in [0.2, 0.25) is 0 Å². The molecular formula is C22H20N2O2. The fourth-order valence-corrected chi connectivity index (χ4v) is 3.35. The van der Waals surface area contributed by atoms with E-state index in [4.69, 9.17) is 4.42 Å². The molecule has 4 rings (SSSR count). The predicted molar refractivity (Wildman–Crippen MR) is 102 cm³/mol. The number of aromatic amines is 1. The lowest BCUT2D eigenvalue weighted by Crippen LogP contribution is -2.29. The minimum absolute atomic E-state index is 0.163. The van der Waals surface area contributed by atoms with Crippen LogP contribution in [-0.2, 0) is 0 Å². The van der Waals surface area contributed by atoms with Crippen molar-refractivity contribution in [2.24, 2.45) is 0 Å². The number of furan rings is 1. The molecule has 0 saturated heterocycles. The van der Waals surface area contributed by atoms with E-state index in [0.717, 1.165) is 22.0 Å².